The molecule has 2 rings (SSSR count). The van der Waals surface area contributed by atoms with Crippen LogP contribution in [0, 0.1) is 5.41 Å². The molecule has 0 aromatic heterocycles. The van der Waals surface area contributed by atoms with Crippen molar-refractivity contribution in [3.8, 4) is 0 Å². The van der Waals surface area contributed by atoms with Gasteiger partial charge in [-0.05, 0) is 37.6 Å². The zero-order chi connectivity index (χ0) is 10.3. The van der Waals surface area contributed by atoms with Gasteiger partial charge in [-0.3, -0.25) is 4.90 Å². The Bertz CT molecular complexity index is 209. The number of rotatable bonds is 1. The van der Waals surface area contributed by atoms with E-state index in [0.717, 1.165) is 19.4 Å². The van der Waals surface area contributed by atoms with Crippen LogP contribution in [0.2, 0.25) is 0 Å². The Labute approximate surface area is 86.7 Å². The van der Waals surface area contributed by atoms with E-state index in [0.29, 0.717) is 6.04 Å². The first-order chi connectivity index (χ1) is 6.47. The molecule has 0 aromatic rings. The molecule has 14 heavy (non-hydrogen) atoms. The number of hydrogen-bond donors (Lipinski definition) is 0. The molecule has 2 fully saturated rings. The maximum atomic E-state index is 13.8. The Morgan fingerprint density at radius 3 is 2.71 bits per heavy atom. The largest absolute Gasteiger partial charge is 0.294 e. The standard InChI is InChI=1S/C12H22FN/c1-12(2,3)8-11-10(13)7-9-5-4-6-14(9)11/h9-11H,4-8H2,1-3H3. The number of hydrogen-bond acceptors (Lipinski definition) is 1. The van der Waals surface area contributed by atoms with Crippen molar-refractivity contribution in [2.45, 2.75) is 64.7 Å². The zero-order valence-corrected chi connectivity index (χ0v) is 9.59. The topological polar surface area (TPSA) is 3.24 Å². The second-order valence-corrected chi connectivity index (χ2v) is 6.12. The van der Waals surface area contributed by atoms with Crippen molar-refractivity contribution in [2.75, 3.05) is 6.54 Å². The van der Waals surface area contributed by atoms with Gasteiger partial charge in [0.2, 0.25) is 0 Å². The van der Waals surface area contributed by atoms with Crippen molar-refractivity contribution in [2.24, 2.45) is 5.41 Å². The quantitative estimate of drug-likeness (QED) is 0.627. The van der Waals surface area contributed by atoms with E-state index in [9.17, 15) is 4.39 Å². The molecule has 0 amide bonds. The molecule has 2 saturated heterocycles. The fourth-order valence-electron chi connectivity index (χ4n) is 3.05. The van der Waals surface area contributed by atoms with Crippen molar-refractivity contribution in [3.05, 3.63) is 0 Å². The van der Waals surface area contributed by atoms with Gasteiger partial charge in [0.1, 0.15) is 6.17 Å². The molecule has 0 aliphatic carbocycles. The highest BCUT2D eigenvalue weighted by atomic mass is 19.1. The smallest absolute Gasteiger partial charge is 0.117 e. The maximum Gasteiger partial charge on any atom is 0.117 e. The van der Waals surface area contributed by atoms with Crippen LogP contribution in [-0.4, -0.2) is 29.7 Å². The average Bonchev–Trinajstić information content (AvgIpc) is 2.54. The molecule has 3 atom stereocenters. The lowest BCUT2D eigenvalue weighted by Gasteiger charge is -2.30. The molecule has 0 radical (unpaired) electrons. The van der Waals surface area contributed by atoms with Crippen molar-refractivity contribution in [3.63, 3.8) is 0 Å². The minimum absolute atomic E-state index is 0.211. The molecular weight excluding hydrogens is 177 g/mol. The van der Waals surface area contributed by atoms with Crippen LogP contribution in [-0.2, 0) is 0 Å². The highest BCUT2D eigenvalue weighted by Gasteiger charge is 2.44. The SMILES string of the molecule is CC(C)(C)CC1C(F)CC2CCCN21. The molecular formula is C12H22FN. The van der Waals surface area contributed by atoms with Crippen LogP contribution < -0.4 is 0 Å². The molecule has 2 heterocycles. The molecule has 1 nitrogen and oxygen atoms in total. The van der Waals surface area contributed by atoms with E-state index < -0.39 is 6.17 Å². The maximum absolute atomic E-state index is 13.8. The van der Waals surface area contributed by atoms with E-state index in [1.165, 1.54) is 12.8 Å². The normalized spacial score (nSPS) is 39.0. The summed E-state index contributed by atoms with van der Waals surface area (Å²) in [5, 5.41) is 0. The van der Waals surface area contributed by atoms with Crippen LogP contribution in [0.1, 0.15) is 46.5 Å². The number of fused-ring (bicyclic) bond motifs is 1. The van der Waals surface area contributed by atoms with Crippen molar-refractivity contribution in [1.82, 2.24) is 4.90 Å². The number of nitrogens with zero attached hydrogens (tertiary/aromatic N) is 1. The molecule has 0 saturated carbocycles. The Balaban J connectivity index is 2.02. The summed E-state index contributed by atoms with van der Waals surface area (Å²) in [6, 6.07) is 0.778. The first-order valence-electron chi connectivity index (χ1n) is 5.87. The van der Waals surface area contributed by atoms with Gasteiger partial charge in [-0.2, -0.15) is 0 Å². The van der Waals surface area contributed by atoms with Gasteiger partial charge in [-0.1, -0.05) is 20.8 Å². The minimum Gasteiger partial charge on any atom is -0.294 e. The molecule has 3 unspecified atom stereocenters. The molecule has 0 bridgehead atoms. The summed E-state index contributed by atoms with van der Waals surface area (Å²) in [6.45, 7) is 7.77. The Hall–Kier alpha value is -0.110. The minimum atomic E-state index is -0.570. The highest BCUT2D eigenvalue weighted by molar-refractivity contribution is 4.98. The second-order valence-electron chi connectivity index (χ2n) is 6.12. The van der Waals surface area contributed by atoms with Gasteiger partial charge in [0.05, 0.1) is 0 Å². The average molecular weight is 199 g/mol. The second kappa shape index (κ2) is 3.48. The van der Waals surface area contributed by atoms with E-state index in [1.54, 1.807) is 0 Å². The van der Waals surface area contributed by atoms with Crippen molar-refractivity contribution >= 4 is 0 Å². The lowest BCUT2D eigenvalue weighted by molar-refractivity contribution is 0.143. The summed E-state index contributed by atoms with van der Waals surface area (Å²) < 4.78 is 13.8. The van der Waals surface area contributed by atoms with Crippen LogP contribution in [0.4, 0.5) is 4.39 Å². The number of alkyl halides is 1. The third-order valence-corrected chi connectivity index (χ3v) is 3.58. The van der Waals surface area contributed by atoms with Crippen LogP contribution in [0.25, 0.3) is 0 Å². The van der Waals surface area contributed by atoms with Gasteiger partial charge in [0.25, 0.3) is 0 Å². The molecule has 0 spiro atoms. The van der Waals surface area contributed by atoms with Gasteiger partial charge < -0.3 is 0 Å². The number of halogens is 1. The highest BCUT2D eigenvalue weighted by Crippen LogP contribution is 2.39. The Morgan fingerprint density at radius 2 is 2.07 bits per heavy atom. The van der Waals surface area contributed by atoms with Crippen molar-refractivity contribution in [1.29, 1.82) is 0 Å². The summed E-state index contributed by atoms with van der Waals surface area (Å²) >= 11 is 0. The lowest BCUT2D eigenvalue weighted by atomic mass is 9.86. The molecule has 2 heteroatoms. The Kier molecular flexibility index (Phi) is 2.59. The van der Waals surface area contributed by atoms with Gasteiger partial charge in [-0.25, -0.2) is 4.39 Å². The summed E-state index contributed by atoms with van der Waals surface area (Å²) in [6.07, 6.45) is 3.73. The summed E-state index contributed by atoms with van der Waals surface area (Å²) in [5.41, 5.74) is 0.256. The third-order valence-electron chi connectivity index (χ3n) is 3.58. The van der Waals surface area contributed by atoms with Crippen LogP contribution in [0.15, 0.2) is 0 Å². The summed E-state index contributed by atoms with van der Waals surface area (Å²) in [7, 11) is 0. The Morgan fingerprint density at radius 1 is 1.36 bits per heavy atom. The molecule has 82 valence electrons. The van der Waals surface area contributed by atoms with Gasteiger partial charge >= 0.3 is 0 Å². The van der Waals surface area contributed by atoms with Crippen LogP contribution in [0.5, 0.6) is 0 Å². The molecule has 2 aliphatic rings. The van der Waals surface area contributed by atoms with Gasteiger partial charge in [0, 0.05) is 12.1 Å². The van der Waals surface area contributed by atoms with Crippen molar-refractivity contribution < 1.29 is 4.39 Å². The van der Waals surface area contributed by atoms with Gasteiger partial charge in [0.15, 0.2) is 0 Å². The third kappa shape index (κ3) is 1.95. The van der Waals surface area contributed by atoms with E-state index >= 15 is 0 Å². The molecule has 0 aromatic carbocycles. The monoisotopic (exact) mass is 199 g/mol. The van der Waals surface area contributed by atoms with Crippen LogP contribution >= 0.6 is 0 Å². The van der Waals surface area contributed by atoms with E-state index in [-0.39, 0.29) is 11.5 Å². The van der Waals surface area contributed by atoms with E-state index in [2.05, 4.69) is 25.7 Å². The predicted molar refractivity (Wildman–Crippen MR) is 57.1 cm³/mol. The van der Waals surface area contributed by atoms with Gasteiger partial charge in [-0.15, -0.1) is 0 Å². The molecule has 0 N–H and O–H groups in total. The van der Waals surface area contributed by atoms with Crippen LogP contribution in [0.3, 0.4) is 0 Å². The first-order valence-corrected chi connectivity index (χ1v) is 5.87. The predicted octanol–water partition coefficient (Wildman–Crippen LogP) is 3.00. The lowest BCUT2D eigenvalue weighted by Crippen LogP contribution is -2.37. The fourth-order valence-corrected chi connectivity index (χ4v) is 3.05. The van der Waals surface area contributed by atoms with E-state index in [1.807, 2.05) is 0 Å². The molecule has 2 aliphatic heterocycles. The zero-order valence-electron chi connectivity index (χ0n) is 9.59. The summed E-state index contributed by atoms with van der Waals surface area (Å²) in [4.78, 5) is 2.43. The first kappa shape index (κ1) is 10.4. The van der Waals surface area contributed by atoms with E-state index in [4.69, 9.17) is 0 Å². The summed E-state index contributed by atoms with van der Waals surface area (Å²) in [5.74, 6) is 0. The fraction of sp³-hybridized carbons (Fsp3) is 1.00.